The van der Waals surface area contributed by atoms with Crippen LogP contribution in [-0.2, 0) is 6.54 Å². The van der Waals surface area contributed by atoms with Crippen LogP contribution in [0.25, 0.3) is 0 Å². The molecule has 0 aliphatic heterocycles. The van der Waals surface area contributed by atoms with Gasteiger partial charge in [0.15, 0.2) is 5.69 Å². The molecule has 0 radical (unpaired) electrons. The molecule has 0 unspecified atom stereocenters. The van der Waals surface area contributed by atoms with Crippen molar-refractivity contribution in [2.24, 2.45) is 5.92 Å². The van der Waals surface area contributed by atoms with E-state index in [0.717, 1.165) is 16.4 Å². The molecule has 8 heteroatoms. The number of benzene rings is 1. The number of carbonyl (C=O) groups is 1. The quantitative estimate of drug-likeness (QED) is 0.591. The van der Waals surface area contributed by atoms with E-state index in [1.165, 1.54) is 9.47 Å². The third kappa shape index (κ3) is 5.00. The molecule has 3 N–H and O–H groups in total. The molecular formula is C19H25IN4O3. The van der Waals surface area contributed by atoms with Crippen molar-refractivity contribution in [1.29, 1.82) is 0 Å². The van der Waals surface area contributed by atoms with Crippen molar-refractivity contribution in [3.05, 3.63) is 54.2 Å². The predicted molar refractivity (Wildman–Crippen MR) is 116 cm³/mol. The first-order chi connectivity index (χ1) is 12.8. The van der Waals surface area contributed by atoms with Gasteiger partial charge in [-0.2, -0.15) is 0 Å². The Morgan fingerprint density at radius 3 is 2.44 bits per heavy atom. The number of aromatic nitrogens is 2. The second-order valence-corrected chi connectivity index (χ2v) is 8.06. The van der Waals surface area contributed by atoms with Crippen LogP contribution in [0, 0.1) is 9.49 Å². The lowest BCUT2D eigenvalue weighted by Crippen LogP contribution is -2.42. The van der Waals surface area contributed by atoms with E-state index in [1.807, 2.05) is 32.9 Å². The summed E-state index contributed by atoms with van der Waals surface area (Å²) in [5.74, 6) is -0.192. The zero-order valence-corrected chi connectivity index (χ0v) is 17.9. The minimum atomic E-state index is -0.648. The standard InChI is InChI=1S/C19H25IN4O3/c1-4-5-10-23-16(21)15(17(25)22-19(23)27)24(11-12(2)3)18(26)13-6-8-14(20)9-7-13/h6-9,12H,4-5,10-11,21H2,1-3H3,(H,22,25,27). The van der Waals surface area contributed by atoms with Crippen molar-refractivity contribution in [2.45, 2.75) is 40.2 Å². The van der Waals surface area contributed by atoms with Gasteiger partial charge < -0.3 is 10.6 Å². The topological polar surface area (TPSA) is 101 Å². The first-order valence-corrected chi connectivity index (χ1v) is 10.0. The first kappa shape index (κ1) is 21.2. The van der Waals surface area contributed by atoms with E-state index in [4.69, 9.17) is 5.73 Å². The summed E-state index contributed by atoms with van der Waals surface area (Å²) in [7, 11) is 0. The smallest absolute Gasteiger partial charge is 0.330 e. The third-order valence-electron chi connectivity index (χ3n) is 4.10. The third-order valence-corrected chi connectivity index (χ3v) is 4.82. The van der Waals surface area contributed by atoms with E-state index in [1.54, 1.807) is 12.1 Å². The maximum absolute atomic E-state index is 13.1. The van der Waals surface area contributed by atoms with Gasteiger partial charge in [-0.05, 0) is 59.2 Å². The van der Waals surface area contributed by atoms with Crippen LogP contribution in [0.3, 0.4) is 0 Å². The Labute approximate surface area is 171 Å². The SMILES string of the molecule is CCCCn1c(N)c(N(CC(C)C)C(=O)c2ccc(I)cc2)c(=O)[nH]c1=O. The molecular weight excluding hydrogens is 459 g/mol. The zero-order chi connectivity index (χ0) is 20.1. The summed E-state index contributed by atoms with van der Waals surface area (Å²) in [6.45, 7) is 6.60. The molecule has 0 saturated heterocycles. The van der Waals surface area contributed by atoms with Crippen molar-refractivity contribution < 1.29 is 4.79 Å². The van der Waals surface area contributed by atoms with Gasteiger partial charge in [-0.25, -0.2) is 4.79 Å². The maximum Gasteiger partial charge on any atom is 0.330 e. The van der Waals surface area contributed by atoms with Crippen molar-refractivity contribution in [3.63, 3.8) is 0 Å². The zero-order valence-electron chi connectivity index (χ0n) is 15.8. The van der Waals surface area contributed by atoms with Gasteiger partial charge in [0.05, 0.1) is 0 Å². The number of hydrogen-bond donors (Lipinski definition) is 2. The summed E-state index contributed by atoms with van der Waals surface area (Å²) in [5.41, 5.74) is 5.48. The van der Waals surface area contributed by atoms with Gasteiger partial charge in [-0.3, -0.25) is 19.1 Å². The van der Waals surface area contributed by atoms with Crippen molar-refractivity contribution >= 4 is 40.0 Å². The molecule has 0 spiro atoms. The molecule has 146 valence electrons. The lowest BCUT2D eigenvalue weighted by molar-refractivity contribution is 0.0983. The fourth-order valence-corrected chi connectivity index (χ4v) is 3.13. The Morgan fingerprint density at radius 1 is 1.26 bits per heavy atom. The van der Waals surface area contributed by atoms with Gasteiger partial charge in [0.2, 0.25) is 0 Å². The van der Waals surface area contributed by atoms with E-state index in [2.05, 4.69) is 27.6 Å². The molecule has 0 saturated carbocycles. The van der Waals surface area contributed by atoms with Crippen LogP contribution < -0.4 is 21.9 Å². The van der Waals surface area contributed by atoms with Crippen LogP contribution >= 0.6 is 22.6 Å². The highest BCUT2D eigenvalue weighted by Crippen LogP contribution is 2.21. The number of rotatable bonds is 7. The summed E-state index contributed by atoms with van der Waals surface area (Å²) in [5, 5.41) is 0. The number of anilines is 2. The van der Waals surface area contributed by atoms with Crippen molar-refractivity contribution in [2.75, 3.05) is 17.2 Å². The lowest BCUT2D eigenvalue weighted by Gasteiger charge is -2.26. The molecule has 1 amide bonds. The number of nitrogens with one attached hydrogen (secondary N) is 1. The number of H-pyrrole nitrogens is 1. The molecule has 27 heavy (non-hydrogen) atoms. The molecule has 0 fully saturated rings. The number of nitrogens with zero attached hydrogens (tertiary/aromatic N) is 2. The van der Waals surface area contributed by atoms with Gasteiger partial charge in [0.25, 0.3) is 11.5 Å². The monoisotopic (exact) mass is 484 g/mol. The average molecular weight is 484 g/mol. The summed E-state index contributed by atoms with van der Waals surface area (Å²) in [6.07, 6.45) is 1.61. The lowest BCUT2D eigenvalue weighted by atomic mass is 10.1. The molecule has 7 nitrogen and oxygen atoms in total. The van der Waals surface area contributed by atoms with Crippen LogP contribution in [0.2, 0.25) is 0 Å². The van der Waals surface area contributed by atoms with E-state index >= 15 is 0 Å². The average Bonchev–Trinajstić information content (AvgIpc) is 2.60. The second-order valence-electron chi connectivity index (χ2n) is 6.81. The first-order valence-electron chi connectivity index (χ1n) is 8.96. The molecule has 0 atom stereocenters. The van der Waals surface area contributed by atoms with E-state index in [-0.39, 0.29) is 23.3 Å². The van der Waals surface area contributed by atoms with Crippen molar-refractivity contribution in [3.8, 4) is 0 Å². The highest BCUT2D eigenvalue weighted by molar-refractivity contribution is 14.1. The minimum absolute atomic E-state index is 0.0247. The molecule has 2 aromatic rings. The van der Waals surface area contributed by atoms with Crippen LogP contribution in [0.5, 0.6) is 0 Å². The van der Waals surface area contributed by atoms with Crippen LogP contribution in [0.4, 0.5) is 11.5 Å². The van der Waals surface area contributed by atoms with Crippen LogP contribution in [-0.4, -0.2) is 22.0 Å². The number of nitrogens with two attached hydrogens (primary N) is 1. The summed E-state index contributed by atoms with van der Waals surface area (Å²) in [4.78, 5) is 41.5. The number of aromatic amines is 1. The molecule has 2 rings (SSSR count). The van der Waals surface area contributed by atoms with E-state index < -0.39 is 11.2 Å². The van der Waals surface area contributed by atoms with Crippen LogP contribution in [0.1, 0.15) is 44.0 Å². The Kier molecular flexibility index (Phi) is 7.23. The molecule has 1 heterocycles. The van der Waals surface area contributed by atoms with Gasteiger partial charge in [-0.15, -0.1) is 0 Å². The maximum atomic E-state index is 13.1. The number of unbranched alkanes of at least 4 members (excludes halogenated alkanes) is 1. The number of carbonyl (C=O) groups excluding carboxylic acids is 1. The summed E-state index contributed by atoms with van der Waals surface area (Å²) in [6, 6.07) is 7.10. The predicted octanol–water partition coefficient (Wildman–Crippen LogP) is 2.83. The summed E-state index contributed by atoms with van der Waals surface area (Å²) >= 11 is 2.16. The van der Waals surface area contributed by atoms with Gasteiger partial charge in [-0.1, -0.05) is 27.2 Å². The van der Waals surface area contributed by atoms with Gasteiger partial charge in [0.1, 0.15) is 5.82 Å². The molecule has 1 aromatic carbocycles. The Morgan fingerprint density at radius 2 is 1.89 bits per heavy atom. The fraction of sp³-hybridized carbons (Fsp3) is 0.421. The van der Waals surface area contributed by atoms with E-state index in [0.29, 0.717) is 18.7 Å². The highest BCUT2D eigenvalue weighted by Gasteiger charge is 2.25. The highest BCUT2D eigenvalue weighted by atomic mass is 127. The largest absolute Gasteiger partial charge is 0.383 e. The Hall–Kier alpha value is -2.10. The molecule has 0 bridgehead atoms. The number of nitrogen functional groups attached to an aromatic ring is 1. The fourth-order valence-electron chi connectivity index (χ4n) is 2.77. The Balaban J connectivity index is 2.59. The van der Waals surface area contributed by atoms with Gasteiger partial charge >= 0.3 is 5.69 Å². The van der Waals surface area contributed by atoms with Crippen LogP contribution in [0.15, 0.2) is 33.9 Å². The second kappa shape index (κ2) is 9.20. The number of halogens is 1. The minimum Gasteiger partial charge on any atom is -0.383 e. The molecule has 0 aliphatic carbocycles. The van der Waals surface area contributed by atoms with Gasteiger partial charge in [0, 0.05) is 22.2 Å². The molecule has 1 aromatic heterocycles. The number of amides is 1. The van der Waals surface area contributed by atoms with E-state index in [9.17, 15) is 14.4 Å². The normalized spacial score (nSPS) is 11.0. The number of hydrogen-bond acceptors (Lipinski definition) is 4. The molecule has 0 aliphatic rings. The Bertz CT molecular complexity index is 916. The summed E-state index contributed by atoms with van der Waals surface area (Å²) < 4.78 is 2.33. The van der Waals surface area contributed by atoms with Crippen molar-refractivity contribution in [1.82, 2.24) is 9.55 Å².